The van der Waals surface area contributed by atoms with Gasteiger partial charge in [-0.25, -0.2) is 15.0 Å². The second-order valence-corrected chi connectivity index (χ2v) is 5.05. The number of benzene rings is 1. The Morgan fingerprint density at radius 1 is 1.22 bits per heavy atom. The van der Waals surface area contributed by atoms with Crippen molar-refractivity contribution in [3.05, 3.63) is 30.6 Å². The van der Waals surface area contributed by atoms with Crippen LogP contribution in [0.15, 0.2) is 35.6 Å². The molecule has 2 aromatic heterocycles. The third-order valence-corrected chi connectivity index (χ3v) is 3.10. The van der Waals surface area contributed by atoms with Crippen molar-refractivity contribution in [3.63, 3.8) is 0 Å². The highest BCUT2D eigenvalue weighted by atomic mass is 16.5. The average molecular weight is 311 g/mol. The van der Waals surface area contributed by atoms with E-state index in [1.165, 1.54) is 6.33 Å². The van der Waals surface area contributed by atoms with Crippen molar-refractivity contribution >= 4 is 34.7 Å². The molecule has 2 heterocycles. The second kappa shape index (κ2) is 6.30. The SMILES string of the molecule is COc1ccc(Nc2ncnc3[nH]nc(N=CN(C)C)c23)cc1. The number of aromatic amines is 1. The molecule has 0 radical (unpaired) electrons. The summed E-state index contributed by atoms with van der Waals surface area (Å²) in [5.41, 5.74) is 1.51. The molecule has 1 aromatic carbocycles. The van der Waals surface area contributed by atoms with Gasteiger partial charge in [0.1, 0.15) is 23.3 Å². The number of aliphatic imine (C=N–C) groups is 1. The van der Waals surface area contributed by atoms with Gasteiger partial charge in [0.15, 0.2) is 11.5 Å². The first-order valence-electron chi connectivity index (χ1n) is 6.98. The molecule has 0 fully saturated rings. The molecular formula is C15H17N7O. The largest absolute Gasteiger partial charge is 0.497 e. The van der Waals surface area contributed by atoms with E-state index in [0.29, 0.717) is 17.3 Å². The zero-order valence-electron chi connectivity index (χ0n) is 13.1. The van der Waals surface area contributed by atoms with Crippen LogP contribution in [0.4, 0.5) is 17.3 Å². The average Bonchev–Trinajstić information content (AvgIpc) is 2.98. The van der Waals surface area contributed by atoms with Gasteiger partial charge < -0.3 is 15.0 Å². The maximum Gasteiger partial charge on any atom is 0.188 e. The van der Waals surface area contributed by atoms with E-state index < -0.39 is 0 Å². The minimum Gasteiger partial charge on any atom is -0.497 e. The van der Waals surface area contributed by atoms with Crippen molar-refractivity contribution in [3.8, 4) is 5.75 Å². The van der Waals surface area contributed by atoms with Gasteiger partial charge in [0.25, 0.3) is 0 Å². The van der Waals surface area contributed by atoms with Gasteiger partial charge in [0, 0.05) is 19.8 Å². The van der Waals surface area contributed by atoms with Crippen LogP contribution in [-0.4, -0.2) is 52.6 Å². The molecule has 0 bridgehead atoms. The summed E-state index contributed by atoms with van der Waals surface area (Å²) in [7, 11) is 5.42. The van der Waals surface area contributed by atoms with Crippen molar-refractivity contribution in [2.24, 2.45) is 4.99 Å². The van der Waals surface area contributed by atoms with Crippen molar-refractivity contribution in [2.75, 3.05) is 26.5 Å². The molecule has 0 aliphatic carbocycles. The summed E-state index contributed by atoms with van der Waals surface area (Å²) < 4.78 is 5.16. The lowest BCUT2D eigenvalue weighted by Crippen LogP contribution is -2.07. The first kappa shape index (κ1) is 14.8. The molecule has 3 aromatic rings. The summed E-state index contributed by atoms with van der Waals surface area (Å²) in [6, 6.07) is 7.58. The van der Waals surface area contributed by atoms with Crippen molar-refractivity contribution in [2.45, 2.75) is 0 Å². The van der Waals surface area contributed by atoms with Gasteiger partial charge in [-0.3, -0.25) is 5.10 Å². The molecule has 0 spiro atoms. The van der Waals surface area contributed by atoms with Gasteiger partial charge in [-0.2, -0.15) is 5.10 Å². The Labute approximate surface area is 133 Å². The van der Waals surface area contributed by atoms with Crippen molar-refractivity contribution in [1.29, 1.82) is 0 Å². The zero-order valence-corrected chi connectivity index (χ0v) is 13.1. The predicted molar refractivity (Wildman–Crippen MR) is 89.8 cm³/mol. The molecular weight excluding hydrogens is 294 g/mol. The van der Waals surface area contributed by atoms with Crippen molar-refractivity contribution < 1.29 is 4.74 Å². The quantitative estimate of drug-likeness (QED) is 0.555. The van der Waals surface area contributed by atoms with E-state index in [1.54, 1.807) is 13.4 Å². The number of fused-ring (bicyclic) bond motifs is 1. The number of H-pyrrole nitrogens is 1. The Hall–Kier alpha value is -3.16. The van der Waals surface area contributed by atoms with Gasteiger partial charge in [-0.05, 0) is 24.3 Å². The van der Waals surface area contributed by atoms with E-state index in [2.05, 4.69) is 30.5 Å². The summed E-state index contributed by atoms with van der Waals surface area (Å²) >= 11 is 0. The third kappa shape index (κ3) is 3.20. The van der Waals surface area contributed by atoms with Crippen molar-refractivity contribution in [1.82, 2.24) is 25.1 Å². The zero-order chi connectivity index (χ0) is 16.2. The molecule has 0 aliphatic heterocycles. The molecule has 8 heteroatoms. The molecule has 0 atom stereocenters. The summed E-state index contributed by atoms with van der Waals surface area (Å²) in [5, 5.41) is 11.0. The summed E-state index contributed by atoms with van der Waals surface area (Å²) in [5.74, 6) is 1.97. The molecule has 0 unspecified atom stereocenters. The molecule has 118 valence electrons. The first-order chi connectivity index (χ1) is 11.2. The highest BCUT2D eigenvalue weighted by Gasteiger charge is 2.12. The smallest absolute Gasteiger partial charge is 0.188 e. The molecule has 0 amide bonds. The van der Waals surface area contributed by atoms with Crippen LogP contribution in [0.5, 0.6) is 5.75 Å². The number of hydrogen-bond acceptors (Lipinski definition) is 6. The van der Waals surface area contributed by atoms with E-state index in [9.17, 15) is 0 Å². The fraction of sp³-hybridized carbons (Fsp3) is 0.200. The van der Waals surface area contributed by atoms with Crippen LogP contribution in [0.3, 0.4) is 0 Å². The topological polar surface area (TPSA) is 91.3 Å². The first-order valence-corrected chi connectivity index (χ1v) is 6.98. The number of methoxy groups -OCH3 is 1. The van der Waals surface area contributed by atoms with Crippen LogP contribution in [-0.2, 0) is 0 Å². The Balaban J connectivity index is 1.97. The van der Waals surface area contributed by atoms with Crippen LogP contribution in [0.2, 0.25) is 0 Å². The number of anilines is 2. The van der Waals surface area contributed by atoms with E-state index in [4.69, 9.17) is 4.74 Å². The molecule has 0 saturated heterocycles. The lowest BCUT2D eigenvalue weighted by Gasteiger charge is -2.07. The number of aromatic nitrogens is 4. The molecule has 0 saturated carbocycles. The molecule has 8 nitrogen and oxygen atoms in total. The summed E-state index contributed by atoms with van der Waals surface area (Å²) in [6.07, 6.45) is 3.16. The predicted octanol–water partition coefficient (Wildman–Crippen LogP) is 2.33. The standard InChI is InChI=1S/C15H17N7O/c1-22(2)9-18-15-12-13(16-8-17-14(12)20-21-15)19-10-4-6-11(23-3)7-5-10/h4-9H,1-3H3,(H2,16,17,19,20,21). The Morgan fingerprint density at radius 3 is 2.70 bits per heavy atom. The van der Waals surface area contributed by atoms with Crippen LogP contribution in [0.1, 0.15) is 0 Å². The minimum absolute atomic E-state index is 0.533. The van der Waals surface area contributed by atoms with Gasteiger partial charge in [0.2, 0.25) is 0 Å². The van der Waals surface area contributed by atoms with Gasteiger partial charge >= 0.3 is 0 Å². The number of nitrogens with one attached hydrogen (secondary N) is 2. The van der Waals surface area contributed by atoms with E-state index >= 15 is 0 Å². The Bertz CT molecular complexity index is 823. The van der Waals surface area contributed by atoms with E-state index in [0.717, 1.165) is 16.8 Å². The monoisotopic (exact) mass is 311 g/mol. The molecule has 23 heavy (non-hydrogen) atoms. The Kier molecular flexibility index (Phi) is 4.05. The molecule has 2 N–H and O–H groups in total. The third-order valence-electron chi connectivity index (χ3n) is 3.10. The molecule has 0 aliphatic rings. The number of ether oxygens (including phenoxy) is 1. The second-order valence-electron chi connectivity index (χ2n) is 5.05. The van der Waals surface area contributed by atoms with Crippen LogP contribution in [0, 0.1) is 0 Å². The summed E-state index contributed by atoms with van der Waals surface area (Å²) in [6.45, 7) is 0. The molecule has 3 rings (SSSR count). The normalized spacial score (nSPS) is 11.1. The lowest BCUT2D eigenvalue weighted by molar-refractivity contribution is 0.415. The maximum absolute atomic E-state index is 5.16. The van der Waals surface area contributed by atoms with Crippen LogP contribution in [0.25, 0.3) is 11.0 Å². The van der Waals surface area contributed by atoms with Crippen LogP contribution < -0.4 is 10.1 Å². The number of rotatable bonds is 5. The summed E-state index contributed by atoms with van der Waals surface area (Å²) in [4.78, 5) is 14.7. The van der Waals surface area contributed by atoms with Gasteiger partial charge in [-0.1, -0.05) is 0 Å². The maximum atomic E-state index is 5.16. The highest BCUT2D eigenvalue weighted by molar-refractivity contribution is 5.97. The van der Waals surface area contributed by atoms with E-state index in [1.807, 2.05) is 43.3 Å². The van der Waals surface area contributed by atoms with Gasteiger partial charge in [0.05, 0.1) is 13.4 Å². The Morgan fingerprint density at radius 2 is 2.00 bits per heavy atom. The van der Waals surface area contributed by atoms with E-state index in [-0.39, 0.29) is 0 Å². The highest BCUT2D eigenvalue weighted by Crippen LogP contribution is 2.29. The number of hydrogen-bond donors (Lipinski definition) is 2. The minimum atomic E-state index is 0.533. The fourth-order valence-corrected chi connectivity index (χ4v) is 2.01. The number of nitrogens with zero attached hydrogens (tertiary/aromatic N) is 5. The fourth-order valence-electron chi connectivity index (χ4n) is 2.01. The lowest BCUT2D eigenvalue weighted by atomic mass is 10.3. The van der Waals surface area contributed by atoms with Crippen LogP contribution >= 0.6 is 0 Å². The van der Waals surface area contributed by atoms with Gasteiger partial charge in [-0.15, -0.1) is 0 Å².